The van der Waals surface area contributed by atoms with Gasteiger partial charge in [-0.1, -0.05) is 23.7 Å². The Morgan fingerprint density at radius 2 is 2.23 bits per heavy atom. The van der Waals surface area contributed by atoms with Gasteiger partial charge in [0.1, 0.15) is 0 Å². The molecule has 0 fully saturated rings. The molecule has 0 bridgehead atoms. The first-order valence-corrected chi connectivity index (χ1v) is 4.66. The molecule has 1 nitrogen and oxygen atoms in total. The summed E-state index contributed by atoms with van der Waals surface area (Å²) in [4.78, 5) is 0. The fourth-order valence-corrected chi connectivity index (χ4v) is 1.19. The molecule has 0 aliphatic heterocycles. The maximum absolute atomic E-state index is 5.97. The van der Waals surface area contributed by atoms with E-state index in [2.05, 4.69) is 11.9 Å². The van der Waals surface area contributed by atoms with Gasteiger partial charge in [-0.05, 0) is 31.5 Å². The van der Waals surface area contributed by atoms with E-state index in [-0.39, 0.29) is 6.04 Å². The molecular formula is C11H14ClN. The fraction of sp³-hybridized carbons (Fsp3) is 0.273. The van der Waals surface area contributed by atoms with Crippen LogP contribution in [0.1, 0.15) is 12.5 Å². The highest BCUT2D eigenvalue weighted by molar-refractivity contribution is 6.31. The van der Waals surface area contributed by atoms with Gasteiger partial charge in [-0.25, -0.2) is 0 Å². The van der Waals surface area contributed by atoms with Gasteiger partial charge in [0.15, 0.2) is 0 Å². The van der Waals surface area contributed by atoms with E-state index in [0.29, 0.717) is 0 Å². The van der Waals surface area contributed by atoms with Crippen molar-refractivity contribution in [1.29, 1.82) is 0 Å². The third-order valence-corrected chi connectivity index (χ3v) is 2.33. The number of hydrogen-bond donors (Lipinski definition) is 1. The normalized spacial score (nSPS) is 12.2. The number of aryl methyl sites for hydroxylation is 1. The first kappa shape index (κ1) is 10.1. The summed E-state index contributed by atoms with van der Waals surface area (Å²) in [5.74, 6) is 0. The molecule has 13 heavy (non-hydrogen) atoms. The first-order chi connectivity index (χ1) is 6.13. The summed E-state index contributed by atoms with van der Waals surface area (Å²) in [5, 5.41) is 4.05. The maximum atomic E-state index is 5.97. The van der Waals surface area contributed by atoms with Crippen LogP contribution in [0.3, 0.4) is 0 Å². The van der Waals surface area contributed by atoms with E-state index in [1.165, 1.54) is 0 Å². The van der Waals surface area contributed by atoms with E-state index in [1.807, 2.05) is 38.1 Å². The Bertz CT molecular complexity index is 307. The van der Waals surface area contributed by atoms with Gasteiger partial charge < -0.3 is 5.32 Å². The number of benzene rings is 1. The molecule has 0 aliphatic rings. The van der Waals surface area contributed by atoms with E-state index in [1.54, 1.807) is 0 Å². The molecule has 2 heteroatoms. The van der Waals surface area contributed by atoms with Gasteiger partial charge in [-0.15, -0.1) is 6.58 Å². The number of rotatable bonds is 3. The van der Waals surface area contributed by atoms with Crippen molar-refractivity contribution in [2.45, 2.75) is 19.9 Å². The van der Waals surface area contributed by atoms with Gasteiger partial charge in [0.25, 0.3) is 0 Å². The second-order valence-corrected chi connectivity index (χ2v) is 3.54. The minimum atomic E-state index is 0.263. The number of hydrogen-bond acceptors (Lipinski definition) is 1. The minimum absolute atomic E-state index is 0.263. The van der Waals surface area contributed by atoms with E-state index >= 15 is 0 Å². The van der Waals surface area contributed by atoms with Crippen LogP contribution in [-0.4, -0.2) is 6.04 Å². The molecule has 1 aromatic rings. The van der Waals surface area contributed by atoms with Gasteiger partial charge >= 0.3 is 0 Å². The molecule has 0 saturated carbocycles. The van der Waals surface area contributed by atoms with Crippen LogP contribution in [0.4, 0.5) is 5.69 Å². The van der Waals surface area contributed by atoms with Crippen molar-refractivity contribution < 1.29 is 0 Å². The first-order valence-electron chi connectivity index (χ1n) is 4.28. The topological polar surface area (TPSA) is 12.0 Å². The molecular weight excluding hydrogens is 182 g/mol. The lowest BCUT2D eigenvalue weighted by Crippen LogP contribution is -2.10. The summed E-state index contributed by atoms with van der Waals surface area (Å²) >= 11 is 5.97. The average Bonchev–Trinajstić information content (AvgIpc) is 2.11. The molecule has 0 aliphatic carbocycles. The van der Waals surface area contributed by atoms with E-state index < -0.39 is 0 Å². The highest BCUT2D eigenvalue weighted by Gasteiger charge is 1.99. The van der Waals surface area contributed by atoms with Crippen molar-refractivity contribution in [1.82, 2.24) is 0 Å². The Hall–Kier alpha value is -0.950. The van der Waals surface area contributed by atoms with E-state index in [0.717, 1.165) is 16.3 Å². The Kier molecular flexibility index (Phi) is 3.38. The Balaban J connectivity index is 2.79. The molecule has 1 N–H and O–H groups in total. The van der Waals surface area contributed by atoms with Crippen LogP contribution in [0.15, 0.2) is 30.9 Å². The smallest absolute Gasteiger partial charge is 0.0455 e. The van der Waals surface area contributed by atoms with Crippen molar-refractivity contribution in [2.24, 2.45) is 0 Å². The number of nitrogens with one attached hydrogen (secondary N) is 1. The van der Waals surface area contributed by atoms with Gasteiger partial charge in [-0.3, -0.25) is 0 Å². The van der Waals surface area contributed by atoms with Crippen LogP contribution in [0.5, 0.6) is 0 Å². The molecule has 1 rings (SSSR count). The number of halogens is 1. The minimum Gasteiger partial charge on any atom is -0.379 e. The average molecular weight is 196 g/mol. The number of anilines is 1. The van der Waals surface area contributed by atoms with Crippen LogP contribution in [0, 0.1) is 6.92 Å². The summed E-state index contributed by atoms with van der Waals surface area (Å²) in [5.41, 5.74) is 2.13. The Labute approximate surface area is 84.4 Å². The predicted octanol–water partition coefficient (Wildman–Crippen LogP) is 3.63. The largest absolute Gasteiger partial charge is 0.379 e. The molecule has 0 radical (unpaired) electrons. The lowest BCUT2D eigenvalue weighted by molar-refractivity contribution is 1.00. The van der Waals surface area contributed by atoms with Crippen LogP contribution in [0.25, 0.3) is 0 Å². The van der Waals surface area contributed by atoms with Gasteiger partial charge in [-0.2, -0.15) is 0 Å². The summed E-state index contributed by atoms with van der Waals surface area (Å²) in [6.07, 6.45) is 1.85. The zero-order valence-electron chi connectivity index (χ0n) is 7.97. The van der Waals surface area contributed by atoms with Crippen molar-refractivity contribution in [3.05, 3.63) is 41.4 Å². The van der Waals surface area contributed by atoms with Crippen LogP contribution >= 0.6 is 11.6 Å². The van der Waals surface area contributed by atoms with E-state index in [4.69, 9.17) is 11.6 Å². The quantitative estimate of drug-likeness (QED) is 0.727. The maximum Gasteiger partial charge on any atom is 0.0455 e. The van der Waals surface area contributed by atoms with Gasteiger partial charge in [0.2, 0.25) is 0 Å². The molecule has 0 aromatic heterocycles. The zero-order valence-corrected chi connectivity index (χ0v) is 8.73. The third kappa shape index (κ3) is 2.78. The molecule has 0 heterocycles. The second kappa shape index (κ2) is 4.33. The summed E-state index contributed by atoms with van der Waals surface area (Å²) in [7, 11) is 0. The predicted molar refractivity (Wildman–Crippen MR) is 59.5 cm³/mol. The molecule has 0 saturated heterocycles. The van der Waals surface area contributed by atoms with Crippen molar-refractivity contribution in [3.8, 4) is 0 Å². The monoisotopic (exact) mass is 195 g/mol. The Morgan fingerprint density at radius 3 is 2.77 bits per heavy atom. The Morgan fingerprint density at radius 1 is 1.54 bits per heavy atom. The van der Waals surface area contributed by atoms with Crippen LogP contribution < -0.4 is 5.32 Å². The van der Waals surface area contributed by atoms with Gasteiger partial charge in [0, 0.05) is 16.8 Å². The SMILES string of the molecule is C=CC(C)Nc1ccc(C)c(Cl)c1. The summed E-state index contributed by atoms with van der Waals surface area (Å²) < 4.78 is 0. The molecule has 0 amide bonds. The molecule has 70 valence electrons. The third-order valence-electron chi connectivity index (χ3n) is 1.92. The van der Waals surface area contributed by atoms with E-state index in [9.17, 15) is 0 Å². The lowest BCUT2D eigenvalue weighted by Gasteiger charge is -2.11. The molecule has 1 aromatic carbocycles. The molecule has 1 atom stereocenters. The highest BCUT2D eigenvalue weighted by Crippen LogP contribution is 2.20. The van der Waals surface area contributed by atoms with Gasteiger partial charge in [0.05, 0.1) is 0 Å². The van der Waals surface area contributed by atoms with Crippen LogP contribution in [-0.2, 0) is 0 Å². The second-order valence-electron chi connectivity index (χ2n) is 3.13. The van der Waals surface area contributed by atoms with Crippen molar-refractivity contribution in [2.75, 3.05) is 5.32 Å². The fourth-order valence-electron chi connectivity index (χ4n) is 1.00. The molecule has 0 spiro atoms. The molecule has 1 unspecified atom stereocenters. The highest BCUT2D eigenvalue weighted by atomic mass is 35.5. The van der Waals surface area contributed by atoms with Crippen molar-refractivity contribution in [3.63, 3.8) is 0 Å². The summed E-state index contributed by atoms with van der Waals surface area (Å²) in [6.45, 7) is 7.73. The van der Waals surface area contributed by atoms with Crippen molar-refractivity contribution >= 4 is 17.3 Å². The van der Waals surface area contributed by atoms with Crippen LogP contribution in [0.2, 0.25) is 5.02 Å². The zero-order chi connectivity index (χ0) is 9.84. The lowest BCUT2D eigenvalue weighted by atomic mass is 10.2. The summed E-state index contributed by atoms with van der Waals surface area (Å²) in [6, 6.07) is 6.21. The standard InChI is InChI=1S/C11H14ClN/c1-4-9(3)13-10-6-5-8(2)11(12)7-10/h4-7,9,13H,1H2,2-3H3.